The van der Waals surface area contributed by atoms with Crippen LogP contribution >= 0.6 is 11.3 Å². The molecule has 0 radical (unpaired) electrons. The van der Waals surface area contributed by atoms with Gasteiger partial charge in [0, 0.05) is 34.8 Å². The van der Waals surface area contributed by atoms with Gasteiger partial charge in [0.1, 0.15) is 5.82 Å². The highest BCUT2D eigenvalue weighted by Gasteiger charge is 2.24. The van der Waals surface area contributed by atoms with E-state index in [4.69, 9.17) is 9.97 Å². The van der Waals surface area contributed by atoms with Gasteiger partial charge in [0.25, 0.3) is 0 Å². The number of fused-ring (bicyclic) bond motifs is 1. The number of likely N-dealkylation sites (tertiary alicyclic amines) is 1. The SMILES string of the molecule is c1cncc(-c2nc(NCC(c3cccs3)N3CCCC3)c3ccccc3n2)c1. The van der Waals surface area contributed by atoms with Gasteiger partial charge in [0.2, 0.25) is 0 Å². The van der Waals surface area contributed by atoms with Crippen molar-refractivity contribution in [3.63, 3.8) is 0 Å². The van der Waals surface area contributed by atoms with E-state index < -0.39 is 0 Å². The van der Waals surface area contributed by atoms with Gasteiger partial charge in [-0.05, 0) is 61.6 Å². The number of hydrogen-bond acceptors (Lipinski definition) is 6. The molecule has 5 rings (SSSR count). The number of aromatic nitrogens is 3. The van der Waals surface area contributed by atoms with Crippen molar-refractivity contribution >= 4 is 28.1 Å². The first kappa shape index (κ1) is 18.2. The highest BCUT2D eigenvalue weighted by molar-refractivity contribution is 7.10. The Balaban J connectivity index is 1.49. The Labute approximate surface area is 174 Å². The summed E-state index contributed by atoms with van der Waals surface area (Å²) < 4.78 is 0. The molecule has 1 atom stereocenters. The fourth-order valence-electron chi connectivity index (χ4n) is 3.97. The highest BCUT2D eigenvalue weighted by Crippen LogP contribution is 2.30. The molecule has 1 N–H and O–H groups in total. The van der Waals surface area contributed by atoms with Crippen molar-refractivity contribution in [1.29, 1.82) is 0 Å². The van der Waals surface area contributed by atoms with E-state index >= 15 is 0 Å². The zero-order valence-corrected chi connectivity index (χ0v) is 17.0. The van der Waals surface area contributed by atoms with E-state index in [-0.39, 0.29) is 0 Å². The topological polar surface area (TPSA) is 53.9 Å². The van der Waals surface area contributed by atoms with E-state index in [0.29, 0.717) is 11.9 Å². The van der Waals surface area contributed by atoms with E-state index in [1.165, 1.54) is 17.7 Å². The van der Waals surface area contributed by atoms with Crippen molar-refractivity contribution in [2.45, 2.75) is 18.9 Å². The molecular weight excluding hydrogens is 378 g/mol. The van der Waals surface area contributed by atoms with E-state index in [2.05, 4.69) is 38.8 Å². The molecule has 0 bridgehead atoms. The van der Waals surface area contributed by atoms with E-state index in [9.17, 15) is 0 Å². The number of nitrogens with one attached hydrogen (secondary N) is 1. The molecule has 4 aromatic rings. The lowest BCUT2D eigenvalue weighted by Crippen LogP contribution is -2.30. The molecule has 146 valence electrons. The van der Waals surface area contributed by atoms with E-state index in [0.717, 1.165) is 41.9 Å². The average molecular weight is 402 g/mol. The van der Waals surface area contributed by atoms with Gasteiger partial charge in [-0.1, -0.05) is 18.2 Å². The molecule has 1 aliphatic heterocycles. The first-order valence-electron chi connectivity index (χ1n) is 10.1. The van der Waals surface area contributed by atoms with Crippen LogP contribution in [0.2, 0.25) is 0 Å². The van der Waals surface area contributed by atoms with Gasteiger partial charge in [-0.2, -0.15) is 0 Å². The maximum atomic E-state index is 4.87. The summed E-state index contributed by atoms with van der Waals surface area (Å²) >= 11 is 1.83. The standard InChI is InChI=1S/C23H23N5S/c1-2-9-19-18(8-1)23(27-22(26-19)17-7-5-11-24-15-17)25-16-20(21-10-6-14-29-21)28-12-3-4-13-28/h1-2,5-11,14-15,20H,3-4,12-13,16H2,(H,25,26,27). The van der Waals surface area contributed by atoms with Crippen molar-refractivity contribution in [2.24, 2.45) is 0 Å². The predicted octanol–water partition coefficient (Wildman–Crippen LogP) is 5.00. The number of anilines is 1. The van der Waals surface area contributed by atoms with Crippen molar-refractivity contribution in [1.82, 2.24) is 19.9 Å². The Bertz CT molecular complexity index is 1080. The highest BCUT2D eigenvalue weighted by atomic mass is 32.1. The van der Waals surface area contributed by atoms with Crippen molar-refractivity contribution < 1.29 is 0 Å². The fraction of sp³-hybridized carbons (Fsp3) is 0.261. The molecule has 0 spiro atoms. The molecule has 0 aliphatic carbocycles. The summed E-state index contributed by atoms with van der Waals surface area (Å²) in [5, 5.41) is 6.87. The van der Waals surface area contributed by atoms with Gasteiger partial charge in [0.15, 0.2) is 5.82 Å². The normalized spacial score (nSPS) is 15.6. The first-order chi connectivity index (χ1) is 14.4. The van der Waals surface area contributed by atoms with Gasteiger partial charge in [-0.25, -0.2) is 9.97 Å². The molecule has 4 heterocycles. The second kappa shape index (κ2) is 8.27. The quantitative estimate of drug-likeness (QED) is 0.493. The van der Waals surface area contributed by atoms with Gasteiger partial charge < -0.3 is 5.32 Å². The minimum atomic E-state index is 0.369. The molecule has 0 saturated carbocycles. The summed E-state index contributed by atoms with van der Waals surface area (Å²) in [6, 6.07) is 16.9. The fourth-order valence-corrected chi connectivity index (χ4v) is 4.83. The predicted molar refractivity (Wildman–Crippen MR) is 119 cm³/mol. The van der Waals surface area contributed by atoms with Gasteiger partial charge in [0.05, 0.1) is 11.6 Å². The molecule has 1 saturated heterocycles. The van der Waals surface area contributed by atoms with Crippen molar-refractivity contribution in [2.75, 3.05) is 25.0 Å². The Morgan fingerprint density at radius 2 is 1.90 bits per heavy atom. The van der Waals surface area contributed by atoms with Crippen LogP contribution in [0.4, 0.5) is 5.82 Å². The minimum absolute atomic E-state index is 0.369. The number of para-hydroxylation sites is 1. The largest absolute Gasteiger partial charge is 0.367 e. The lowest BCUT2D eigenvalue weighted by molar-refractivity contribution is 0.259. The summed E-state index contributed by atoms with van der Waals surface area (Å²) in [4.78, 5) is 17.9. The number of thiophene rings is 1. The zero-order chi connectivity index (χ0) is 19.5. The molecule has 6 heteroatoms. The first-order valence-corrected chi connectivity index (χ1v) is 10.9. The minimum Gasteiger partial charge on any atom is -0.367 e. The molecule has 1 unspecified atom stereocenters. The summed E-state index contributed by atoms with van der Waals surface area (Å²) in [5.74, 6) is 1.59. The number of hydrogen-bond donors (Lipinski definition) is 1. The van der Waals surface area contributed by atoms with Crippen LogP contribution in [0.3, 0.4) is 0 Å². The van der Waals surface area contributed by atoms with Gasteiger partial charge in [-0.15, -0.1) is 11.3 Å². The van der Waals surface area contributed by atoms with Crippen LogP contribution in [-0.4, -0.2) is 39.5 Å². The number of nitrogens with zero attached hydrogens (tertiary/aromatic N) is 4. The average Bonchev–Trinajstić information content (AvgIpc) is 3.49. The summed E-state index contributed by atoms with van der Waals surface area (Å²) in [5.41, 5.74) is 1.87. The summed E-state index contributed by atoms with van der Waals surface area (Å²) in [6.07, 6.45) is 6.14. The third-order valence-corrected chi connectivity index (χ3v) is 6.41. The Hall–Kier alpha value is -2.83. The second-order valence-electron chi connectivity index (χ2n) is 7.31. The van der Waals surface area contributed by atoms with E-state index in [1.54, 1.807) is 6.20 Å². The Morgan fingerprint density at radius 3 is 2.69 bits per heavy atom. The molecule has 3 aromatic heterocycles. The Morgan fingerprint density at radius 1 is 1.00 bits per heavy atom. The lowest BCUT2D eigenvalue weighted by atomic mass is 10.2. The molecular formula is C23H23N5S. The van der Waals surface area contributed by atoms with Crippen LogP contribution < -0.4 is 5.32 Å². The number of rotatable bonds is 6. The van der Waals surface area contributed by atoms with Crippen molar-refractivity contribution in [3.8, 4) is 11.4 Å². The third-order valence-electron chi connectivity index (χ3n) is 5.44. The summed E-state index contributed by atoms with van der Waals surface area (Å²) in [6.45, 7) is 3.15. The third kappa shape index (κ3) is 3.86. The molecule has 1 aliphatic rings. The zero-order valence-electron chi connectivity index (χ0n) is 16.2. The van der Waals surface area contributed by atoms with Crippen LogP contribution in [0.25, 0.3) is 22.3 Å². The molecule has 1 aromatic carbocycles. The maximum absolute atomic E-state index is 4.87. The van der Waals surface area contributed by atoms with E-state index in [1.807, 2.05) is 47.9 Å². The maximum Gasteiger partial charge on any atom is 0.163 e. The summed E-state index contributed by atoms with van der Waals surface area (Å²) in [7, 11) is 0. The van der Waals surface area contributed by atoms with Gasteiger partial charge >= 0.3 is 0 Å². The molecule has 0 amide bonds. The van der Waals surface area contributed by atoms with Crippen molar-refractivity contribution in [3.05, 3.63) is 71.2 Å². The van der Waals surface area contributed by atoms with Crippen LogP contribution in [0.5, 0.6) is 0 Å². The van der Waals surface area contributed by atoms with Crippen LogP contribution in [0, 0.1) is 0 Å². The Kier molecular flexibility index (Phi) is 5.19. The van der Waals surface area contributed by atoms with Gasteiger partial charge in [-0.3, -0.25) is 9.88 Å². The van der Waals surface area contributed by atoms with Crippen LogP contribution in [0.1, 0.15) is 23.8 Å². The monoisotopic (exact) mass is 401 g/mol. The lowest BCUT2D eigenvalue weighted by Gasteiger charge is -2.27. The number of pyridine rings is 1. The smallest absolute Gasteiger partial charge is 0.163 e. The van der Waals surface area contributed by atoms with Crippen LogP contribution in [-0.2, 0) is 0 Å². The van der Waals surface area contributed by atoms with Crippen LogP contribution in [0.15, 0.2) is 66.3 Å². The molecule has 29 heavy (non-hydrogen) atoms. The molecule has 5 nitrogen and oxygen atoms in total. The number of benzene rings is 1. The second-order valence-corrected chi connectivity index (χ2v) is 8.29. The molecule has 1 fully saturated rings.